The fraction of sp³-hybridized carbons (Fsp3) is 0.944. The molecule has 0 saturated carbocycles. The molecule has 134 valence electrons. The smallest absolute Gasteiger partial charge is 0.311 e. The topological polar surface area (TPSA) is 76.0 Å². The average molecular weight is 328 g/mol. The number of carbonyl (C=O) groups excluding carboxylic acids is 1. The van der Waals surface area contributed by atoms with E-state index in [0.29, 0.717) is 5.92 Å². The number of carbonyl (C=O) groups is 1. The van der Waals surface area contributed by atoms with E-state index >= 15 is 0 Å². The van der Waals surface area contributed by atoms with Gasteiger partial charge in [0.05, 0.1) is 24.2 Å². The van der Waals surface area contributed by atoms with E-state index in [4.69, 9.17) is 9.47 Å². The minimum Gasteiger partial charge on any atom is -0.461 e. The molecule has 0 aromatic rings. The Morgan fingerprint density at radius 1 is 1.17 bits per heavy atom. The van der Waals surface area contributed by atoms with Gasteiger partial charge in [0, 0.05) is 24.4 Å². The number of ether oxygens (including phenoxy) is 2. The Bertz CT molecular complexity index is 412. The van der Waals surface area contributed by atoms with Gasteiger partial charge in [0.1, 0.15) is 6.10 Å². The second kappa shape index (κ2) is 7.49. The lowest BCUT2D eigenvalue weighted by molar-refractivity contribution is -0.199. The van der Waals surface area contributed by atoms with Gasteiger partial charge in [0.15, 0.2) is 0 Å². The fourth-order valence-corrected chi connectivity index (χ4v) is 4.08. The van der Waals surface area contributed by atoms with Gasteiger partial charge >= 0.3 is 5.97 Å². The molecule has 2 aliphatic rings. The SMILES string of the molecule is C[C@H]1[C@@H](O)[C@@H](C)C(=O)O[C@@H]1[C@H](C)[C@H]1O[C@H]([C@H](C)CO)CC[C@@H]1C. The van der Waals surface area contributed by atoms with E-state index in [1.54, 1.807) is 6.92 Å². The summed E-state index contributed by atoms with van der Waals surface area (Å²) in [5.41, 5.74) is 0. The molecule has 2 saturated heterocycles. The van der Waals surface area contributed by atoms with Crippen LogP contribution in [0.25, 0.3) is 0 Å². The van der Waals surface area contributed by atoms with Gasteiger partial charge in [-0.05, 0) is 25.7 Å². The van der Waals surface area contributed by atoms with Crippen molar-refractivity contribution in [3.05, 3.63) is 0 Å². The Morgan fingerprint density at radius 3 is 2.43 bits per heavy atom. The second-order valence-corrected chi connectivity index (χ2v) is 7.75. The van der Waals surface area contributed by atoms with E-state index in [9.17, 15) is 15.0 Å². The minimum atomic E-state index is -0.672. The molecule has 5 nitrogen and oxygen atoms in total. The van der Waals surface area contributed by atoms with Crippen LogP contribution >= 0.6 is 0 Å². The first-order valence-electron chi connectivity index (χ1n) is 8.92. The number of aliphatic hydroxyl groups is 2. The van der Waals surface area contributed by atoms with Gasteiger partial charge < -0.3 is 19.7 Å². The third-order valence-electron chi connectivity index (χ3n) is 5.95. The highest BCUT2D eigenvalue weighted by Crippen LogP contribution is 2.38. The third kappa shape index (κ3) is 3.72. The Morgan fingerprint density at radius 2 is 1.83 bits per heavy atom. The molecule has 2 aliphatic heterocycles. The van der Waals surface area contributed by atoms with Gasteiger partial charge in [-0.15, -0.1) is 0 Å². The van der Waals surface area contributed by atoms with Crippen LogP contribution in [0.4, 0.5) is 0 Å². The number of hydrogen-bond donors (Lipinski definition) is 2. The zero-order valence-corrected chi connectivity index (χ0v) is 14.9. The highest BCUT2D eigenvalue weighted by atomic mass is 16.6. The van der Waals surface area contributed by atoms with Crippen LogP contribution in [0.5, 0.6) is 0 Å². The number of aliphatic hydroxyl groups excluding tert-OH is 2. The van der Waals surface area contributed by atoms with E-state index in [1.165, 1.54) is 0 Å². The number of cyclic esters (lactones) is 1. The maximum atomic E-state index is 12.0. The first-order chi connectivity index (χ1) is 10.8. The molecule has 0 aliphatic carbocycles. The predicted octanol–water partition coefficient (Wildman–Crippen LogP) is 1.99. The van der Waals surface area contributed by atoms with E-state index in [2.05, 4.69) is 6.92 Å². The summed E-state index contributed by atoms with van der Waals surface area (Å²) in [6, 6.07) is 0. The molecule has 0 spiro atoms. The van der Waals surface area contributed by atoms with Gasteiger partial charge in [0.25, 0.3) is 0 Å². The quantitative estimate of drug-likeness (QED) is 0.772. The van der Waals surface area contributed by atoms with Crippen LogP contribution in [0.1, 0.15) is 47.5 Å². The van der Waals surface area contributed by atoms with Crippen molar-refractivity contribution in [1.29, 1.82) is 0 Å². The molecule has 2 heterocycles. The first-order valence-corrected chi connectivity index (χ1v) is 8.92. The second-order valence-electron chi connectivity index (χ2n) is 7.75. The number of esters is 1. The molecular weight excluding hydrogens is 296 g/mol. The highest BCUT2D eigenvalue weighted by Gasteiger charge is 2.46. The molecule has 2 fully saturated rings. The van der Waals surface area contributed by atoms with Crippen molar-refractivity contribution in [3.63, 3.8) is 0 Å². The van der Waals surface area contributed by atoms with E-state index in [1.807, 2.05) is 20.8 Å². The van der Waals surface area contributed by atoms with Crippen LogP contribution in [-0.4, -0.2) is 47.2 Å². The van der Waals surface area contributed by atoms with Crippen molar-refractivity contribution < 1.29 is 24.5 Å². The van der Waals surface area contributed by atoms with Gasteiger partial charge in [-0.1, -0.05) is 27.7 Å². The van der Waals surface area contributed by atoms with Crippen molar-refractivity contribution in [2.24, 2.45) is 29.6 Å². The largest absolute Gasteiger partial charge is 0.461 e. The van der Waals surface area contributed by atoms with Crippen LogP contribution in [0.3, 0.4) is 0 Å². The van der Waals surface area contributed by atoms with E-state index < -0.39 is 12.0 Å². The van der Waals surface area contributed by atoms with Crippen LogP contribution in [0.15, 0.2) is 0 Å². The predicted molar refractivity (Wildman–Crippen MR) is 86.7 cm³/mol. The average Bonchev–Trinajstić information content (AvgIpc) is 2.55. The Labute approximate surface area is 139 Å². The molecule has 0 aromatic heterocycles. The molecule has 2 rings (SSSR count). The summed E-state index contributed by atoms with van der Waals surface area (Å²) in [6.45, 7) is 9.97. The van der Waals surface area contributed by atoms with Crippen LogP contribution in [0, 0.1) is 29.6 Å². The molecule has 0 radical (unpaired) electrons. The van der Waals surface area contributed by atoms with Crippen LogP contribution in [-0.2, 0) is 14.3 Å². The van der Waals surface area contributed by atoms with Gasteiger partial charge in [-0.2, -0.15) is 0 Å². The van der Waals surface area contributed by atoms with Crippen molar-refractivity contribution in [2.75, 3.05) is 6.61 Å². The lowest BCUT2D eigenvalue weighted by Gasteiger charge is -2.45. The van der Waals surface area contributed by atoms with Crippen molar-refractivity contribution in [3.8, 4) is 0 Å². The van der Waals surface area contributed by atoms with Crippen molar-refractivity contribution in [1.82, 2.24) is 0 Å². The molecule has 9 atom stereocenters. The first kappa shape index (κ1) is 18.7. The molecule has 0 amide bonds. The summed E-state index contributed by atoms with van der Waals surface area (Å²) in [6.07, 6.45) is 1.01. The maximum Gasteiger partial charge on any atom is 0.311 e. The lowest BCUT2D eigenvalue weighted by Crippen LogP contribution is -2.53. The summed E-state index contributed by atoms with van der Waals surface area (Å²) in [7, 11) is 0. The van der Waals surface area contributed by atoms with Crippen LogP contribution in [0.2, 0.25) is 0 Å². The Balaban J connectivity index is 2.11. The maximum absolute atomic E-state index is 12.0. The Kier molecular flexibility index (Phi) is 6.09. The number of rotatable bonds is 4. The monoisotopic (exact) mass is 328 g/mol. The zero-order valence-electron chi connectivity index (χ0n) is 14.9. The summed E-state index contributed by atoms with van der Waals surface area (Å²) in [4.78, 5) is 12.0. The van der Waals surface area contributed by atoms with Gasteiger partial charge in [-0.25, -0.2) is 0 Å². The van der Waals surface area contributed by atoms with Crippen molar-refractivity contribution >= 4 is 5.97 Å². The highest BCUT2D eigenvalue weighted by molar-refractivity contribution is 5.73. The van der Waals surface area contributed by atoms with Crippen LogP contribution < -0.4 is 0 Å². The molecule has 0 unspecified atom stereocenters. The molecule has 0 aromatic carbocycles. The van der Waals surface area contributed by atoms with E-state index in [0.717, 1.165) is 12.8 Å². The molecule has 23 heavy (non-hydrogen) atoms. The fourth-order valence-electron chi connectivity index (χ4n) is 4.08. The summed E-state index contributed by atoms with van der Waals surface area (Å²) in [5.74, 6) is -0.413. The normalized spacial score (nSPS) is 44.5. The third-order valence-corrected chi connectivity index (χ3v) is 5.95. The Hall–Kier alpha value is -0.650. The molecular formula is C18H32O5. The number of hydrogen-bond acceptors (Lipinski definition) is 5. The summed E-state index contributed by atoms with van der Waals surface area (Å²) in [5, 5.41) is 19.7. The standard InChI is InChI=1S/C18H32O5/c1-9-6-7-14(10(2)8-19)22-16(9)13(5)17-11(3)15(20)12(4)18(21)23-17/h9-17,19-20H,6-8H2,1-5H3/t9-,10+,11-,12+,13+,14-,15+,16-,17-/m0/s1. The molecule has 0 bridgehead atoms. The summed E-state index contributed by atoms with van der Waals surface area (Å²) >= 11 is 0. The zero-order chi connectivity index (χ0) is 17.3. The van der Waals surface area contributed by atoms with Gasteiger partial charge in [0.2, 0.25) is 0 Å². The molecule has 2 N–H and O–H groups in total. The summed E-state index contributed by atoms with van der Waals surface area (Å²) < 4.78 is 11.9. The van der Waals surface area contributed by atoms with E-state index in [-0.39, 0.29) is 48.6 Å². The lowest BCUT2D eigenvalue weighted by atomic mass is 9.75. The van der Waals surface area contributed by atoms with Crippen molar-refractivity contribution in [2.45, 2.75) is 71.9 Å². The molecule has 5 heteroatoms. The van der Waals surface area contributed by atoms with Gasteiger partial charge in [-0.3, -0.25) is 4.79 Å². The minimum absolute atomic E-state index is 0.0137.